The minimum absolute atomic E-state index is 0.291. The summed E-state index contributed by atoms with van der Waals surface area (Å²) < 4.78 is 0. The number of rotatable bonds is 4. The van der Waals surface area contributed by atoms with Crippen LogP contribution in [0.25, 0.3) is 0 Å². The fourth-order valence-electron chi connectivity index (χ4n) is 0.519. The van der Waals surface area contributed by atoms with Crippen molar-refractivity contribution in [2.75, 3.05) is 13.2 Å². The molecule has 0 aliphatic rings. The molecule has 0 rings (SSSR count). The molecular formula is C7H16N2O2. The van der Waals surface area contributed by atoms with Gasteiger partial charge in [-0.2, -0.15) is 0 Å². The number of aliphatic hydroxyl groups excluding tert-OH is 1. The molecule has 1 amide bonds. The number of hydrogen-bond donors (Lipinski definition) is 3. The molecule has 0 heterocycles. The Hall–Kier alpha value is -0.610. The minimum atomic E-state index is -0.784. The average Bonchev–Trinajstić information content (AvgIpc) is 1.98. The summed E-state index contributed by atoms with van der Waals surface area (Å²) in [7, 11) is 0. The minimum Gasteiger partial charge on any atom is -0.394 e. The lowest BCUT2D eigenvalue weighted by atomic mass is 10.2. The highest BCUT2D eigenvalue weighted by atomic mass is 16.3. The molecule has 0 spiro atoms. The quantitative estimate of drug-likeness (QED) is 0.498. The van der Waals surface area contributed by atoms with Crippen LogP contribution in [0.1, 0.15) is 13.8 Å². The second-order valence-corrected chi connectivity index (χ2v) is 2.93. The lowest BCUT2D eigenvalue weighted by Crippen LogP contribution is -2.44. The van der Waals surface area contributed by atoms with Gasteiger partial charge in [-0.1, -0.05) is 13.8 Å². The normalized spacial score (nSPS) is 13.2. The first-order chi connectivity index (χ1) is 5.07. The standard InChI is InChI=1S/C7H16N2O2/c1-5(2)3-9-7(11)6(8)4-10/h5-6,10H,3-4,8H2,1-2H3,(H,9,11)/t6-/m0/s1. The molecule has 0 saturated carbocycles. The number of aliphatic hydroxyl groups is 1. The SMILES string of the molecule is CC(C)CNC(=O)[C@@H](N)CO. The third kappa shape index (κ3) is 4.75. The molecule has 0 aromatic rings. The molecule has 0 unspecified atom stereocenters. The summed E-state index contributed by atoms with van der Waals surface area (Å²) in [5.41, 5.74) is 5.24. The van der Waals surface area contributed by atoms with Crippen LogP contribution in [0.3, 0.4) is 0 Å². The van der Waals surface area contributed by atoms with Gasteiger partial charge in [0.1, 0.15) is 6.04 Å². The van der Waals surface area contributed by atoms with Crippen molar-refractivity contribution in [3.63, 3.8) is 0 Å². The molecule has 0 aromatic heterocycles. The topological polar surface area (TPSA) is 75.4 Å². The molecule has 0 saturated heterocycles. The molecule has 0 bridgehead atoms. The summed E-state index contributed by atoms with van der Waals surface area (Å²) in [5, 5.41) is 11.1. The monoisotopic (exact) mass is 160 g/mol. The molecule has 0 radical (unpaired) electrons. The Labute approximate surface area is 66.8 Å². The van der Waals surface area contributed by atoms with E-state index in [1.807, 2.05) is 13.8 Å². The molecule has 0 aliphatic carbocycles. The molecule has 66 valence electrons. The highest BCUT2D eigenvalue weighted by Crippen LogP contribution is 1.87. The zero-order valence-electron chi connectivity index (χ0n) is 7.00. The summed E-state index contributed by atoms with van der Waals surface area (Å²) in [6.45, 7) is 4.28. The molecule has 4 N–H and O–H groups in total. The Bertz CT molecular complexity index is 126. The van der Waals surface area contributed by atoms with Crippen LogP contribution >= 0.6 is 0 Å². The molecule has 4 heteroatoms. The van der Waals surface area contributed by atoms with Crippen molar-refractivity contribution in [1.82, 2.24) is 5.32 Å². The highest BCUT2D eigenvalue weighted by molar-refractivity contribution is 5.81. The largest absolute Gasteiger partial charge is 0.394 e. The van der Waals surface area contributed by atoms with Gasteiger partial charge in [0, 0.05) is 6.54 Å². The number of hydrogen-bond acceptors (Lipinski definition) is 3. The van der Waals surface area contributed by atoms with Gasteiger partial charge in [0.2, 0.25) is 5.91 Å². The summed E-state index contributed by atoms with van der Waals surface area (Å²) in [4.78, 5) is 10.9. The van der Waals surface area contributed by atoms with Gasteiger partial charge in [0.05, 0.1) is 6.61 Å². The van der Waals surface area contributed by atoms with Crippen molar-refractivity contribution in [1.29, 1.82) is 0 Å². The third-order valence-electron chi connectivity index (χ3n) is 1.22. The first-order valence-corrected chi connectivity index (χ1v) is 3.72. The van der Waals surface area contributed by atoms with Gasteiger partial charge in [0.15, 0.2) is 0 Å². The van der Waals surface area contributed by atoms with E-state index in [0.717, 1.165) is 0 Å². The zero-order valence-corrected chi connectivity index (χ0v) is 7.00. The summed E-state index contributed by atoms with van der Waals surface area (Å²) in [5.74, 6) is 0.117. The summed E-state index contributed by atoms with van der Waals surface area (Å²) in [6, 6.07) is -0.784. The van der Waals surface area contributed by atoms with E-state index in [1.54, 1.807) is 0 Å². The van der Waals surface area contributed by atoms with E-state index in [2.05, 4.69) is 5.32 Å². The van der Waals surface area contributed by atoms with Crippen LogP contribution in [-0.2, 0) is 4.79 Å². The van der Waals surface area contributed by atoms with E-state index in [-0.39, 0.29) is 12.5 Å². The predicted octanol–water partition coefficient (Wildman–Crippen LogP) is -0.922. The average molecular weight is 160 g/mol. The van der Waals surface area contributed by atoms with Crippen molar-refractivity contribution >= 4 is 5.91 Å². The van der Waals surface area contributed by atoms with Gasteiger partial charge in [-0.25, -0.2) is 0 Å². The van der Waals surface area contributed by atoms with Gasteiger partial charge in [-0.15, -0.1) is 0 Å². The smallest absolute Gasteiger partial charge is 0.239 e. The van der Waals surface area contributed by atoms with Crippen LogP contribution in [0.5, 0.6) is 0 Å². The van der Waals surface area contributed by atoms with E-state index in [4.69, 9.17) is 10.8 Å². The van der Waals surface area contributed by atoms with E-state index in [0.29, 0.717) is 12.5 Å². The Morgan fingerprint density at radius 3 is 2.55 bits per heavy atom. The van der Waals surface area contributed by atoms with Crippen LogP contribution in [0.15, 0.2) is 0 Å². The van der Waals surface area contributed by atoms with Crippen molar-refractivity contribution in [3.05, 3.63) is 0 Å². The van der Waals surface area contributed by atoms with Crippen LogP contribution in [0.4, 0.5) is 0 Å². The van der Waals surface area contributed by atoms with E-state index in [1.165, 1.54) is 0 Å². The van der Waals surface area contributed by atoms with Gasteiger partial charge in [-0.3, -0.25) is 4.79 Å². The Morgan fingerprint density at radius 2 is 2.18 bits per heavy atom. The van der Waals surface area contributed by atoms with Crippen LogP contribution in [-0.4, -0.2) is 30.2 Å². The number of carbonyl (C=O) groups is 1. The first kappa shape index (κ1) is 10.4. The number of nitrogens with one attached hydrogen (secondary N) is 1. The summed E-state index contributed by atoms with van der Waals surface area (Å²) >= 11 is 0. The third-order valence-corrected chi connectivity index (χ3v) is 1.22. The maximum Gasteiger partial charge on any atom is 0.239 e. The van der Waals surface area contributed by atoms with Crippen molar-refractivity contribution in [2.24, 2.45) is 11.7 Å². The maximum absolute atomic E-state index is 10.9. The fraction of sp³-hybridized carbons (Fsp3) is 0.857. The highest BCUT2D eigenvalue weighted by Gasteiger charge is 2.10. The van der Waals surface area contributed by atoms with E-state index >= 15 is 0 Å². The van der Waals surface area contributed by atoms with E-state index in [9.17, 15) is 4.79 Å². The lowest BCUT2D eigenvalue weighted by molar-refractivity contribution is -0.123. The summed E-state index contributed by atoms with van der Waals surface area (Å²) in [6.07, 6.45) is 0. The second-order valence-electron chi connectivity index (χ2n) is 2.93. The Kier molecular flexibility index (Phi) is 4.81. The molecular weight excluding hydrogens is 144 g/mol. The molecule has 0 aliphatic heterocycles. The molecule has 11 heavy (non-hydrogen) atoms. The van der Waals surface area contributed by atoms with Crippen LogP contribution in [0.2, 0.25) is 0 Å². The van der Waals surface area contributed by atoms with E-state index < -0.39 is 6.04 Å². The van der Waals surface area contributed by atoms with Crippen LogP contribution in [0, 0.1) is 5.92 Å². The van der Waals surface area contributed by atoms with Crippen LogP contribution < -0.4 is 11.1 Å². The number of amides is 1. The lowest BCUT2D eigenvalue weighted by Gasteiger charge is -2.10. The van der Waals surface area contributed by atoms with Gasteiger partial charge >= 0.3 is 0 Å². The zero-order chi connectivity index (χ0) is 8.85. The Balaban J connectivity index is 3.52. The molecule has 4 nitrogen and oxygen atoms in total. The van der Waals surface area contributed by atoms with Gasteiger partial charge in [0.25, 0.3) is 0 Å². The van der Waals surface area contributed by atoms with Crippen molar-refractivity contribution in [3.8, 4) is 0 Å². The Morgan fingerprint density at radius 1 is 1.64 bits per heavy atom. The fourth-order valence-corrected chi connectivity index (χ4v) is 0.519. The molecule has 1 atom stereocenters. The molecule has 0 aromatic carbocycles. The van der Waals surface area contributed by atoms with Crippen molar-refractivity contribution in [2.45, 2.75) is 19.9 Å². The number of nitrogens with two attached hydrogens (primary N) is 1. The van der Waals surface area contributed by atoms with Gasteiger partial charge in [-0.05, 0) is 5.92 Å². The van der Waals surface area contributed by atoms with Gasteiger partial charge < -0.3 is 16.2 Å². The number of carbonyl (C=O) groups excluding carboxylic acids is 1. The molecule has 0 fully saturated rings. The maximum atomic E-state index is 10.9. The first-order valence-electron chi connectivity index (χ1n) is 3.72. The predicted molar refractivity (Wildman–Crippen MR) is 42.9 cm³/mol. The van der Waals surface area contributed by atoms with Crippen molar-refractivity contribution < 1.29 is 9.90 Å². The second kappa shape index (κ2) is 5.09.